The van der Waals surface area contributed by atoms with Crippen molar-refractivity contribution < 1.29 is 9.53 Å². The summed E-state index contributed by atoms with van der Waals surface area (Å²) < 4.78 is 6.11. The molecule has 0 radical (unpaired) electrons. The monoisotopic (exact) mass is 377 g/mol. The first-order valence-corrected chi connectivity index (χ1v) is 10.1. The maximum atomic E-state index is 12.8. The summed E-state index contributed by atoms with van der Waals surface area (Å²) in [7, 11) is 0. The van der Waals surface area contributed by atoms with Gasteiger partial charge in [-0.05, 0) is 18.2 Å². The van der Waals surface area contributed by atoms with Crippen LogP contribution in [0.4, 0.5) is 0 Å². The largest absolute Gasteiger partial charge is 0.473 e. The van der Waals surface area contributed by atoms with Gasteiger partial charge >= 0.3 is 0 Å². The molecule has 1 spiro atoms. The molecule has 0 N–H and O–H groups in total. The normalized spacial score (nSPS) is 20.6. The first kappa shape index (κ1) is 16.6. The lowest BCUT2D eigenvalue weighted by Crippen LogP contribution is -2.60. The molecule has 2 aromatic heterocycles. The Labute approximate surface area is 161 Å². The minimum atomic E-state index is 0.0635. The number of fused-ring (bicyclic) bond motifs is 1. The number of hydrogen-bond acceptors (Lipinski definition) is 5. The van der Waals surface area contributed by atoms with Gasteiger partial charge in [0.15, 0.2) is 0 Å². The van der Waals surface area contributed by atoms with Crippen LogP contribution in [0.15, 0.2) is 60.9 Å². The highest BCUT2D eigenvalue weighted by Gasteiger charge is 2.51. The number of thioether (sulfide) groups is 1. The first-order chi connectivity index (χ1) is 13.2. The molecule has 136 valence electrons. The van der Waals surface area contributed by atoms with Gasteiger partial charge in [0.1, 0.15) is 6.10 Å². The molecule has 5 rings (SSSR count). The summed E-state index contributed by atoms with van der Waals surface area (Å²) in [5, 5.41) is 0.998. The van der Waals surface area contributed by atoms with Gasteiger partial charge in [-0.25, -0.2) is 4.98 Å². The van der Waals surface area contributed by atoms with Crippen molar-refractivity contribution in [2.24, 2.45) is 0 Å². The molecule has 1 aromatic carbocycles. The van der Waals surface area contributed by atoms with E-state index in [1.807, 2.05) is 65.2 Å². The second-order valence-electron chi connectivity index (χ2n) is 7.18. The number of pyridine rings is 2. The third kappa shape index (κ3) is 3.14. The molecular formula is C21H19N3O2S. The summed E-state index contributed by atoms with van der Waals surface area (Å²) >= 11 is 1.92. The maximum absolute atomic E-state index is 12.8. The number of nitrogens with zero attached hydrogens (tertiary/aromatic N) is 3. The Morgan fingerprint density at radius 2 is 2.00 bits per heavy atom. The van der Waals surface area contributed by atoms with Gasteiger partial charge in [-0.3, -0.25) is 9.78 Å². The number of carbonyl (C=O) groups excluding carboxylic acids is 1. The van der Waals surface area contributed by atoms with E-state index >= 15 is 0 Å². The first-order valence-electron chi connectivity index (χ1n) is 9.07. The summed E-state index contributed by atoms with van der Waals surface area (Å²) in [5.41, 5.74) is 1.57. The van der Waals surface area contributed by atoms with E-state index in [-0.39, 0.29) is 16.8 Å². The molecule has 2 aliphatic rings. The van der Waals surface area contributed by atoms with Crippen LogP contribution in [-0.2, 0) is 0 Å². The van der Waals surface area contributed by atoms with E-state index in [1.165, 1.54) is 0 Å². The molecule has 0 saturated carbocycles. The summed E-state index contributed by atoms with van der Waals surface area (Å²) in [6, 6.07) is 15.5. The second-order valence-corrected chi connectivity index (χ2v) is 8.67. The molecule has 4 heterocycles. The highest BCUT2D eigenvalue weighted by Crippen LogP contribution is 2.46. The van der Waals surface area contributed by atoms with E-state index in [0.717, 1.165) is 36.2 Å². The van der Waals surface area contributed by atoms with E-state index in [9.17, 15) is 4.79 Å². The molecule has 0 bridgehead atoms. The standard InChI is InChI=1S/C21H19N3O2S/c25-20(16-9-15-5-1-2-6-18(15)23-11-16)24-13-21(14-24)10-17(12-27-21)26-19-7-3-4-8-22-19/h1-9,11,17H,10,12-14H2. The average Bonchev–Trinajstić information content (AvgIpc) is 3.11. The zero-order valence-corrected chi connectivity index (χ0v) is 15.6. The van der Waals surface area contributed by atoms with Gasteiger partial charge in [0.25, 0.3) is 5.91 Å². The molecule has 6 heteroatoms. The molecule has 3 aromatic rings. The van der Waals surface area contributed by atoms with Crippen LogP contribution < -0.4 is 4.74 Å². The van der Waals surface area contributed by atoms with Gasteiger partial charge in [0.2, 0.25) is 5.88 Å². The smallest absolute Gasteiger partial charge is 0.255 e. The minimum Gasteiger partial charge on any atom is -0.473 e. The Hall–Kier alpha value is -2.60. The maximum Gasteiger partial charge on any atom is 0.255 e. The number of carbonyl (C=O) groups is 1. The molecule has 5 nitrogen and oxygen atoms in total. The third-order valence-electron chi connectivity index (χ3n) is 5.18. The molecule has 2 saturated heterocycles. The van der Waals surface area contributed by atoms with Crippen molar-refractivity contribution in [2.75, 3.05) is 18.8 Å². The van der Waals surface area contributed by atoms with Crippen molar-refractivity contribution >= 4 is 28.6 Å². The van der Waals surface area contributed by atoms with Crippen LogP contribution >= 0.6 is 11.8 Å². The number of aromatic nitrogens is 2. The third-order valence-corrected chi connectivity index (χ3v) is 6.76. The lowest BCUT2D eigenvalue weighted by Gasteiger charge is -2.47. The van der Waals surface area contributed by atoms with E-state index in [2.05, 4.69) is 9.97 Å². The molecule has 1 atom stereocenters. The fourth-order valence-corrected chi connectivity index (χ4v) is 5.37. The topological polar surface area (TPSA) is 55.3 Å². The lowest BCUT2D eigenvalue weighted by molar-refractivity contribution is 0.0515. The van der Waals surface area contributed by atoms with Crippen molar-refractivity contribution in [3.05, 3.63) is 66.5 Å². The number of hydrogen-bond donors (Lipinski definition) is 0. The van der Waals surface area contributed by atoms with Crippen molar-refractivity contribution in [1.82, 2.24) is 14.9 Å². The number of likely N-dealkylation sites (tertiary alicyclic amines) is 1. The van der Waals surface area contributed by atoms with Gasteiger partial charge < -0.3 is 9.64 Å². The van der Waals surface area contributed by atoms with Gasteiger partial charge in [0.05, 0.1) is 15.8 Å². The van der Waals surface area contributed by atoms with Crippen LogP contribution in [0.25, 0.3) is 10.9 Å². The number of benzene rings is 1. The van der Waals surface area contributed by atoms with E-state index in [1.54, 1.807) is 12.4 Å². The summed E-state index contributed by atoms with van der Waals surface area (Å²) in [6.45, 7) is 1.54. The minimum absolute atomic E-state index is 0.0635. The van der Waals surface area contributed by atoms with E-state index in [4.69, 9.17) is 4.74 Å². The number of para-hydroxylation sites is 1. The quantitative estimate of drug-likeness (QED) is 0.700. The van der Waals surface area contributed by atoms with Crippen molar-refractivity contribution in [3.63, 3.8) is 0 Å². The Bertz CT molecular complexity index is 989. The number of rotatable bonds is 3. The molecule has 1 unspecified atom stereocenters. The summed E-state index contributed by atoms with van der Waals surface area (Å²) in [4.78, 5) is 23.4. The van der Waals surface area contributed by atoms with E-state index < -0.39 is 0 Å². The van der Waals surface area contributed by atoms with Crippen molar-refractivity contribution in [2.45, 2.75) is 17.3 Å². The fraction of sp³-hybridized carbons (Fsp3) is 0.286. The molecule has 0 aliphatic carbocycles. The molecule has 2 aliphatic heterocycles. The molecule has 1 amide bonds. The predicted molar refractivity (Wildman–Crippen MR) is 106 cm³/mol. The Morgan fingerprint density at radius 1 is 1.15 bits per heavy atom. The lowest BCUT2D eigenvalue weighted by atomic mass is 9.92. The van der Waals surface area contributed by atoms with Gasteiger partial charge in [-0.15, -0.1) is 11.8 Å². The van der Waals surface area contributed by atoms with Crippen LogP contribution in [0.1, 0.15) is 16.8 Å². The predicted octanol–water partition coefficient (Wildman–Crippen LogP) is 3.41. The average molecular weight is 377 g/mol. The van der Waals surface area contributed by atoms with Crippen molar-refractivity contribution in [1.29, 1.82) is 0 Å². The highest BCUT2D eigenvalue weighted by molar-refractivity contribution is 8.01. The Kier molecular flexibility index (Phi) is 4.01. The molecule has 2 fully saturated rings. The van der Waals surface area contributed by atoms with Crippen LogP contribution in [0.5, 0.6) is 5.88 Å². The van der Waals surface area contributed by atoms with Gasteiger partial charge in [0, 0.05) is 49.1 Å². The zero-order chi connectivity index (χ0) is 18.3. The fourth-order valence-electron chi connectivity index (χ4n) is 3.85. The Balaban J connectivity index is 1.23. The van der Waals surface area contributed by atoms with Crippen LogP contribution in [0, 0.1) is 0 Å². The second kappa shape index (κ2) is 6.53. The van der Waals surface area contributed by atoms with Crippen molar-refractivity contribution in [3.8, 4) is 5.88 Å². The van der Waals surface area contributed by atoms with Gasteiger partial charge in [-0.1, -0.05) is 24.3 Å². The van der Waals surface area contributed by atoms with Crippen LogP contribution in [-0.4, -0.2) is 50.5 Å². The van der Waals surface area contributed by atoms with Gasteiger partial charge in [-0.2, -0.15) is 0 Å². The van der Waals surface area contributed by atoms with Crippen LogP contribution in [0.2, 0.25) is 0 Å². The molecular weight excluding hydrogens is 358 g/mol. The zero-order valence-electron chi connectivity index (χ0n) is 14.7. The molecule has 27 heavy (non-hydrogen) atoms. The highest BCUT2D eigenvalue weighted by atomic mass is 32.2. The number of ether oxygens (including phenoxy) is 1. The number of amides is 1. The summed E-state index contributed by atoms with van der Waals surface area (Å²) in [5.74, 6) is 1.68. The van der Waals surface area contributed by atoms with Crippen LogP contribution in [0.3, 0.4) is 0 Å². The summed E-state index contributed by atoms with van der Waals surface area (Å²) in [6.07, 6.45) is 4.54. The SMILES string of the molecule is O=C(c1cnc2ccccc2c1)N1CC2(CC(Oc3ccccn3)CS2)C1. The van der Waals surface area contributed by atoms with E-state index in [0.29, 0.717) is 11.4 Å². The Morgan fingerprint density at radius 3 is 2.85 bits per heavy atom.